The summed E-state index contributed by atoms with van der Waals surface area (Å²) in [6.45, 7) is 1.52. The second kappa shape index (κ2) is 8.72. The highest BCUT2D eigenvalue weighted by atomic mass is 32.2. The number of carbonyl (C=O) groups is 1. The van der Waals surface area contributed by atoms with Crippen LogP contribution in [-0.4, -0.2) is 70.2 Å². The van der Waals surface area contributed by atoms with Crippen molar-refractivity contribution in [3.8, 4) is 0 Å². The zero-order chi connectivity index (χ0) is 16.6. The first-order chi connectivity index (χ1) is 10.3. The maximum Gasteiger partial charge on any atom is 0.319 e. The molecule has 1 aromatic carbocycles. The Morgan fingerprint density at radius 1 is 1.09 bits per heavy atom. The molecule has 8 heteroatoms. The van der Waals surface area contributed by atoms with E-state index in [2.05, 4.69) is 10.6 Å². The number of nitrogens with one attached hydrogen (secondary N) is 2. The van der Waals surface area contributed by atoms with Gasteiger partial charge in [0.1, 0.15) is 0 Å². The third kappa shape index (κ3) is 7.39. The molecular weight excluding hydrogens is 304 g/mol. The molecule has 0 aliphatic carbocycles. The van der Waals surface area contributed by atoms with Gasteiger partial charge in [-0.3, -0.25) is 0 Å². The quantitative estimate of drug-likeness (QED) is 0.733. The number of hydrogen-bond donors (Lipinski definition) is 2. The predicted molar refractivity (Wildman–Crippen MR) is 88.4 cm³/mol. The van der Waals surface area contributed by atoms with Gasteiger partial charge in [0.05, 0.1) is 6.26 Å². The lowest BCUT2D eigenvalue weighted by Crippen LogP contribution is -2.42. The van der Waals surface area contributed by atoms with Gasteiger partial charge >= 0.3 is 6.03 Å². The van der Waals surface area contributed by atoms with E-state index in [1.54, 1.807) is 12.1 Å². The fourth-order valence-electron chi connectivity index (χ4n) is 1.75. The molecule has 0 radical (unpaired) electrons. The third-order valence-electron chi connectivity index (χ3n) is 2.94. The molecule has 0 aliphatic heterocycles. The van der Waals surface area contributed by atoms with E-state index in [0.717, 1.165) is 0 Å². The Balaban J connectivity index is 2.40. The number of benzene rings is 1. The van der Waals surface area contributed by atoms with Crippen LogP contribution in [0.4, 0.5) is 10.5 Å². The van der Waals surface area contributed by atoms with Gasteiger partial charge in [-0.2, -0.15) is 4.31 Å². The molecule has 124 valence electrons. The molecule has 0 saturated carbocycles. The van der Waals surface area contributed by atoms with Crippen LogP contribution in [0.1, 0.15) is 0 Å². The van der Waals surface area contributed by atoms with Crippen LogP contribution >= 0.6 is 0 Å². The molecule has 7 nitrogen and oxygen atoms in total. The Morgan fingerprint density at radius 2 is 1.73 bits per heavy atom. The van der Waals surface area contributed by atoms with E-state index in [4.69, 9.17) is 0 Å². The smallest absolute Gasteiger partial charge is 0.319 e. The Hall–Kier alpha value is -1.64. The maximum absolute atomic E-state index is 11.7. The number of rotatable bonds is 8. The maximum atomic E-state index is 11.7. The number of sulfonamides is 1. The molecule has 22 heavy (non-hydrogen) atoms. The first-order valence-corrected chi connectivity index (χ1v) is 8.83. The van der Waals surface area contributed by atoms with E-state index in [-0.39, 0.29) is 19.1 Å². The number of hydrogen-bond acceptors (Lipinski definition) is 4. The highest BCUT2D eigenvalue weighted by Crippen LogP contribution is 2.04. The molecule has 0 saturated heterocycles. The summed E-state index contributed by atoms with van der Waals surface area (Å²) in [5, 5.41) is 5.33. The molecule has 0 aliphatic rings. The number of likely N-dealkylation sites (N-methyl/N-ethyl adjacent to an activating group) is 1. The van der Waals surface area contributed by atoms with Crippen LogP contribution in [0.15, 0.2) is 30.3 Å². The normalized spacial score (nSPS) is 11.7. The highest BCUT2D eigenvalue weighted by molar-refractivity contribution is 7.88. The fourth-order valence-corrected chi connectivity index (χ4v) is 2.58. The molecule has 1 rings (SSSR count). The minimum atomic E-state index is -3.28. The Morgan fingerprint density at radius 3 is 2.27 bits per heavy atom. The third-order valence-corrected chi connectivity index (χ3v) is 4.25. The van der Waals surface area contributed by atoms with Gasteiger partial charge < -0.3 is 15.5 Å². The monoisotopic (exact) mass is 328 g/mol. The largest absolute Gasteiger partial charge is 0.337 e. The summed E-state index contributed by atoms with van der Waals surface area (Å²) < 4.78 is 24.7. The van der Waals surface area contributed by atoms with Crippen molar-refractivity contribution in [3.05, 3.63) is 30.3 Å². The van der Waals surface area contributed by atoms with Crippen molar-refractivity contribution in [2.75, 3.05) is 51.8 Å². The summed E-state index contributed by atoms with van der Waals surface area (Å²) in [4.78, 5) is 13.6. The Bertz CT molecular complexity index is 561. The number of nitrogens with zero attached hydrogens (tertiary/aromatic N) is 2. The second-order valence-corrected chi connectivity index (χ2v) is 7.19. The van der Waals surface area contributed by atoms with Gasteiger partial charge in [-0.1, -0.05) is 18.2 Å². The van der Waals surface area contributed by atoms with Crippen LogP contribution in [0.2, 0.25) is 0 Å². The molecular formula is C14H24N4O3S. The van der Waals surface area contributed by atoms with Gasteiger partial charge in [0.2, 0.25) is 10.0 Å². The zero-order valence-electron chi connectivity index (χ0n) is 13.2. The molecule has 2 N–H and O–H groups in total. The number of amides is 2. The number of anilines is 1. The zero-order valence-corrected chi connectivity index (χ0v) is 14.1. The lowest BCUT2D eigenvalue weighted by molar-refractivity contribution is 0.250. The molecule has 0 bridgehead atoms. The van der Waals surface area contributed by atoms with Crippen LogP contribution < -0.4 is 10.6 Å². The minimum absolute atomic E-state index is 0.245. The topological polar surface area (TPSA) is 81.8 Å². The molecule has 0 unspecified atom stereocenters. The van der Waals surface area contributed by atoms with Crippen LogP contribution in [0.3, 0.4) is 0 Å². The minimum Gasteiger partial charge on any atom is -0.337 e. The second-order valence-electron chi connectivity index (χ2n) is 5.21. The van der Waals surface area contributed by atoms with E-state index in [1.165, 1.54) is 10.6 Å². The lowest BCUT2D eigenvalue weighted by atomic mass is 10.3. The van der Waals surface area contributed by atoms with Crippen molar-refractivity contribution in [1.82, 2.24) is 14.5 Å². The summed E-state index contributed by atoms with van der Waals surface area (Å²) in [6, 6.07) is 8.70. The average Bonchev–Trinajstić information content (AvgIpc) is 2.42. The standard InChI is InChI=1S/C14H24N4O3S/c1-17(2)11-12-18(22(3,20)21)10-9-15-14(19)16-13-7-5-4-6-8-13/h4-8H,9-12H2,1-3H3,(H2,15,16,19). The van der Waals surface area contributed by atoms with Gasteiger partial charge in [0, 0.05) is 31.9 Å². The summed E-state index contributed by atoms with van der Waals surface area (Å²) in [5.41, 5.74) is 0.688. The highest BCUT2D eigenvalue weighted by Gasteiger charge is 2.16. The number of urea groups is 1. The molecule has 0 aromatic heterocycles. The van der Waals surface area contributed by atoms with Crippen molar-refractivity contribution >= 4 is 21.7 Å². The molecule has 2 amide bonds. The van der Waals surface area contributed by atoms with Gasteiger partial charge in [0.15, 0.2) is 0 Å². The first-order valence-electron chi connectivity index (χ1n) is 6.99. The van der Waals surface area contributed by atoms with Crippen molar-refractivity contribution in [1.29, 1.82) is 0 Å². The predicted octanol–water partition coefficient (Wildman–Crippen LogP) is 0.631. The molecule has 1 aromatic rings. The van der Waals surface area contributed by atoms with Crippen molar-refractivity contribution in [2.45, 2.75) is 0 Å². The first kappa shape index (κ1) is 18.4. The fraction of sp³-hybridized carbons (Fsp3) is 0.500. The van der Waals surface area contributed by atoms with Gasteiger partial charge in [-0.15, -0.1) is 0 Å². The summed E-state index contributed by atoms with van der Waals surface area (Å²) in [7, 11) is 0.479. The van der Waals surface area contributed by atoms with E-state index < -0.39 is 10.0 Å². The molecule has 0 atom stereocenters. The van der Waals surface area contributed by atoms with Crippen molar-refractivity contribution in [3.63, 3.8) is 0 Å². The summed E-state index contributed by atoms with van der Waals surface area (Å²) >= 11 is 0. The van der Waals surface area contributed by atoms with Gasteiger partial charge in [-0.05, 0) is 26.2 Å². The van der Waals surface area contributed by atoms with Crippen LogP contribution in [0.5, 0.6) is 0 Å². The number of carbonyl (C=O) groups excluding carboxylic acids is 1. The van der Waals surface area contributed by atoms with Gasteiger partial charge in [0.25, 0.3) is 0 Å². The van der Waals surface area contributed by atoms with Gasteiger partial charge in [-0.25, -0.2) is 13.2 Å². The molecule has 0 spiro atoms. The molecule has 0 heterocycles. The lowest BCUT2D eigenvalue weighted by Gasteiger charge is -2.22. The van der Waals surface area contributed by atoms with Crippen LogP contribution in [-0.2, 0) is 10.0 Å². The van der Waals surface area contributed by atoms with Crippen LogP contribution in [0.25, 0.3) is 0 Å². The number of para-hydroxylation sites is 1. The Labute approximate surface area is 132 Å². The van der Waals surface area contributed by atoms with E-state index >= 15 is 0 Å². The van der Waals surface area contributed by atoms with E-state index in [1.807, 2.05) is 37.2 Å². The van der Waals surface area contributed by atoms with Crippen molar-refractivity contribution in [2.24, 2.45) is 0 Å². The van der Waals surface area contributed by atoms with E-state index in [9.17, 15) is 13.2 Å². The summed E-state index contributed by atoms with van der Waals surface area (Å²) in [5.74, 6) is 0. The van der Waals surface area contributed by atoms with E-state index in [0.29, 0.717) is 18.8 Å². The van der Waals surface area contributed by atoms with Crippen molar-refractivity contribution < 1.29 is 13.2 Å². The average molecular weight is 328 g/mol. The SMILES string of the molecule is CN(C)CCN(CCNC(=O)Nc1ccccc1)S(C)(=O)=O. The summed E-state index contributed by atoms with van der Waals surface area (Å²) in [6.07, 6.45) is 1.17. The van der Waals surface area contributed by atoms with Crippen LogP contribution in [0, 0.1) is 0 Å². The Kier molecular flexibility index (Phi) is 7.30. The molecule has 0 fully saturated rings.